The number of aryl methyl sites for hydroxylation is 2. The number of nitrogens with one attached hydrogen (secondary N) is 2. The first-order chi connectivity index (χ1) is 23.8. The summed E-state index contributed by atoms with van der Waals surface area (Å²) in [6, 6.07) is 11.7. The number of amides is 4. The number of carboxylic acids is 1. The van der Waals surface area contributed by atoms with Crippen LogP contribution in [0.3, 0.4) is 0 Å². The van der Waals surface area contributed by atoms with Crippen molar-refractivity contribution < 1.29 is 43.8 Å². The maximum absolute atomic E-state index is 14.1. The van der Waals surface area contributed by atoms with Gasteiger partial charge in [-0.2, -0.15) is 0 Å². The lowest BCUT2D eigenvalue weighted by molar-refractivity contribution is -0.137. The highest BCUT2D eigenvalue weighted by molar-refractivity contribution is 6.36. The number of carboxylic acid groups (broad SMARTS) is 1. The highest BCUT2D eigenvalue weighted by Crippen LogP contribution is 2.33. The van der Waals surface area contributed by atoms with E-state index in [9.17, 15) is 34.2 Å². The number of para-hydroxylation sites is 2. The molecule has 0 bridgehead atoms. The van der Waals surface area contributed by atoms with Gasteiger partial charge in [0.05, 0.1) is 36.6 Å². The molecule has 14 nitrogen and oxygen atoms in total. The fourth-order valence-corrected chi connectivity index (χ4v) is 5.74. The molecule has 2 atom stereocenters. The van der Waals surface area contributed by atoms with Gasteiger partial charge in [0.15, 0.2) is 0 Å². The van der Waals surface area contributed by atoms with Crippen molar-refractivity contribution in [2.24, 2.45) is 5.16 Å². The zero-order valence-corrected chi connectivity index (χ0v) is 28.8. The molecule has 3 aromatic rings. The fourth-order valence-electron chi connectivity index (χ4n) is 5.24. The maximum Gasteiger partial charge on any atom is 0.305 e. The third kappa shape index (κ3) is 9.28. The first-order valence-corrected chi connectivity index (χ1v) is 16.0. The van der Waals surface area contributed by atoms with Crippen molar-refractivity contribution in [3.8, 4) is 5.75 Å². The molecule has 4 amide bonds. The van der Waals surface area contributed by atoms with Gasteiger partial charge in [-0.05, 0) is 61.4 Å². The normalized spacial score (nSPS) is 14.9. The number of anilines is 2. The van der Waals surface area contributed by atoms with Gasteiger partial charge < -0.3 is 35.3 Å². The van der Waals surface area contributed by atoms with Crippen LogP contribution in [0, 0.1) is 13.8 Å². The molecule has 1 heterocycles. The highest BCUT2D eigenvalue weighted by Gasteiger charge is 2.38. The van der Waals surface area contributed by atoms with Crippen LogP contribution < -0.4 is 20.4 Å². The number of methoxy groups -OCH3 is 1. The highest BCUT2D eigenvalue weighted by atomic mass is 35.5. The topological polar surface area (TPSA) is 187 Å². The van der Waals surface area contributed by atoms with Crippen LogP contribution in [-0.4, -0.2) is 84.9 Å². The van der Waals surface area contributed by atoms with E-state index in [0.717, 1.165) is 11.1 Å². The van der Waals surface area contributed by atoms with Crippen LogP contribution in [-0.2, 0) is 35.4 Å². The summed E-state index contributed by atoms with van der Waals surface area (Å²) in [4.78, 5) is 73.5. The first-order valence-electron chi connectivity index (χ1n) is 15.2. The van der Waals surface area contributed by atoms with Gasteiger partial charge in [-0.25, -0.2) is 0 Å². The minimum absolute atomic E-state index is 0.0267. The number of fused-ring (bicyclic) bond motifs is 1. The Bertz CT molecular complexity index is 1780. The summed E-state index contributed by atoms with van der Waals surface area (Å²) in [7, 11) is 1.34. The number of hydrogen-bond acceptors (Lipinski definition) is 9. The van der Waals surface area contributed by atoms with Crippen molar-refractivity contribution in [1.82, 2.24) is 10.6 Å². The number of nitrogens with zero attached hydrogens (tertiary/aromatic N) is 3. The Morgan fingerprint density at radius 3 is 2.30 bits per heavy atom. The number of phenols is 1. The van der Waals surface area contributed by atoms with Crippen molar-refractivity contribution in [2.75, 3.05) is 36.6 Å². The number of aromatic hydroxyl groups is 1. The van der Waals surface area contributed by atoms with Crippen molar-refractivity contribution in [3.63, 3.8) is 0 Å². The lowest BCUT2D eigenvalue weighted by Crippen LogP contribution is -2.55. The summed E-state index contributed by atoms with van der Waals surface area (Å²) in [5, 5.41) is 29.3. The van der Waals surface area contributed by atoms with Crippen LogP contribution in [0.25, 0.3) is 0 Å². The molecule has 0 aliphatic carbocycles. The minimum Gasteiger partial charge on any atom is -0.507 e. The molecule has 0 fully saturated rings. The number of ether oxygens (including phenoxy) is 1. The standard InChI is InChI=1S/C34H35Cl2N5O9/c1-19-11-21(12-20(2)32(19)46)33(47)39-26-15-40(30(43)18-49-3)27-9-4-5-10-28(27)41(34(26)48)16-29(42)38-22(13-31(44)45)14-37-50-17-23-24(35)7-6-8-25(23)36/h4-12,14,22,26,46H,13,15-18H2,1-3H3,(H,38,42)(H,39,47)(H,44,45)/t22-,26-/m0/s1. The average Bonchev–Trinajstić information content (AvgIpc) is 3.17. The molecular weight excluding hydrogens is 693 g/mol. The largest absolute Gasteiger partial charge is 0.507 e. The predicted octanol–water partition coefficient (Wildman–Crippen LogP) is 3.60. The molecule has 0 aromatic heterocycles. The number of oxime groups is 1. The number of benzene rings is 3. The van der Waals surface area contributed by atoms with Crippen LogP contribution in [0.2, 0.25) is 10.0 Å². The Labute approximate surface area is 297 Å². The van der Waals surface area contributed by atoms with Gasteiger partial charge in [0, 0.05) is 28.3 Å². The summed E-state index contributed by atoms with van der Waals surface area (Å²) in [5.74, 6) is -3.87. The SMILES string of the molecule is COCC(=O)N1C[C@H](NC(=O)c2cc(C)c(O)c(C)c2)C(=O)N(CC(=O)N[C@H](C=NOCc2c(Cl)cccc2Cl)CC(=O)O)c2ccccc21. The molecule has 0 spiro atoms. The minimum atomic E-state index is -1.33. The number of rotatable bonds is 13. The van der Waals surface area contributed by atoms with Crippen molar-refractivity contribution in [3.05, 3.63) is 86.9 Å². The van der Waals surface area contributed by atoms with Gasteiger partial charge in [0.2, 0.25) is 5.91 Å². The second-order valence-electron chi connectivity index (χ2n) is 11.3. The van der Waals surface area contributed by atoms with E-state index in [4.69, 9.17) is 32.8 Å². The molecule has 4 rings (SSSR count). The smallest absolute Gasteiger partial charge is 0.305 e. The number of halogens is 2. The van der Waals surface area contributed by atoms with E-state index in [1.807, 2.05) is 0 Å². The van der Waals surface area contributed by atoms with Crippen molar-refractivity contribution >= 4 is 70.4 Å². The average molecular weight is 729 g/mol. The molecule has 0 radical (unpaired) electrons. The van der Waals surface area contributed by atoms with E-state index in [-0.39, 0.29) is 42.4 Å². The van der Waals surface area contributed by atoms with E-state index < -0.39 is 54.6 Å². The molecule has 3 aromatic carbocycles. The summed E-state index contributed by atoms with van der Waals surface area (Å²) in [5.41, 5.74) is 1.99. The van der Waals surface area contributed by atoms with E-state index in [0.29, 0.717) is 26.7 Å². The fraction of sp³-hybridized carbons (Fsp3) is 0.294. The second-order valence-corrected chi connectivity index (χ2v) is 12.1. The first kappa shape index (κ1) is 37.6. The molecule has 4 N–H and O–H groups in total. The Balaban J connectivity index is 1.59. The van der Waals surface area contributed by atoms with Crippen LogP contribution in [0.15, 0.2) is 59.8 Å². The Morgan fingerprint density at radius 2 is 1.68 bits per heavy atom. The summed E-state index contributed by atoms with van der Waals surface area (Å²) < 4.78 is 5.06. The molecule has 1 aliphatic rings. The number of phenolic OH excluding ortho intramolecular Hbond substituents is 1. The van der Waals surface area contributed by atoms with Crippen molar-refractivity contribution in [1.29, 1.82) is 0 Å². The summed E-state index contributed by atoms with van der Waals surface area (Å²) >= 11 is 12.3. The van der Waals surface area contributed by atoms with Crippen molar-refractivity contribution in [2.45, 2.75) is 39.0 Å². The Hall–Kier alpha value is -5.18. The molecular formula is C34H35Cl2N5O9. The zero-order valence-electron chi connectivity index (χ0n) is 27.3. The van der Waals surface area contributed by atoms with Gasteiger partial charge >= 0.3 is 5.97 Å². The Morgan fingerprint density at radius 1 is 1.04 bits per heavy atom. The lowest BCUT2D eigenvalue weighted by atomic mass is 10.0. The van der Waals surface area contributed by atoms with Gasteiger partial charge in [0.25, 0.3) is 17.7 Å². The number of carbonyl (C=O) groups is 5. The third-order valence-corrected chi connectivity index (χ3v) is 8.36. The lowest BCUT2D eigenvalue weighted by Gasteiger charge is -2.25. The third-order valence-electron chi connectivity index (χ3n) is 7.65. The summed E-state index contributed by atoms with van der Waals surface area (Å²) in [6.07, 6.45) is 0.518. The number of aliphatic carboxylic acids is 1. The van der Waals surface area contributed by atoms with Crippen LogP contribution >= 0.6 is 23.2 Å². The van der Waals surface area contributed by atoms with Gasteiger partial charge in [-0.1, -0.05) is 46.6 Å². The molecule has 1 aliphatic heterocycles. The molecule has 16 heteroatoms. The Kier molecular flexibility index (Phi) is 12.8. The van der Waals surface area contributed by atoms with Gasteiger partial charge in [-0.15, -0.1) is 0 Å². The van der Waals surface area contributed by atoms with Gasteiger partial charge in [0.1, 0.15) is 31.5 Å². The molecule has 0 saturated heterocycles. The van der Waals surface area contributed by atoms with Crippen LogP contribution in [0.1, 0.15) is 33.5 Å². The number of hydrogen-bond donors (Lipinski definition) is 4. The molecule has 264 valence electrons. The predicted molar refractivity (Wildman–Crippen MR) is 186 cm³/mol. The monoisotopic (exact) mass is 727 g/mol. The van der Waals surface area contributed by atoms with E-state index in [1.54, 1.807) is 50.2 Å². The van der Waals surface area contributed by atoms with E-state index >= 15 is 0 Å². The van der Waals surface area contributed by atoms with E-state index in [1.165, 1.54) is 30.2 Å². The van der Waals surface area contributed by atoms with Gasteiger partial charge in [-0.3, -0.25) is 28.9 Å². The molecule has 0 saturated carbocycles. The second kappa shape index (κ2) is 17.0. The maximum atomic E-state index is 14.1. The van der Waals surface area contributed by atoms with Crippen LogP contribution in [0.5, 0.6) is 5.75 Å². The van der Waals surface area contributed by atoms with Crippen LogP contribution in [0.4, 0.5) is 11.4 Å². The zero-order chi connectivity index (χ0) is 36.5. The molecule has 50 heavy (non-hydrogen) atoms. The number of carbonyl (C=O) groups excluding carboxylic acids is 4. The molecule has 0 unspecified atom stereocenters. The van der Waals surface area contributed by atoms with E-state index in [2.05, 4.69) is 15.8 Å². The quantitative estimate of drug-likeness (QED) is 0.151. The summed E-state index contributed by atoms with van der Waals surface area (Å²) in [6.45, 7) is 1.88.